The average Bonchev–Trinajstić information content (AvgIpc) is 2.35. The van der Waals surface area contributed by atoms with E-state index in [1.807, 2.05) is 0 Å². The molecule has 4 heteroatoms. The normalized spacial score (nSPS) is 10.7. The molecule has 0 aliphatic heterocycles. The molecular weight excluding hydrogens is 158 g/mol. The Morgan fingerprint density at radius 1 is 1.33 bits per heavy atom. The zero-order valence-electron chi connectivity index (χ0n) is 6.06. The third kappa shape index (κ3) is 0.780. The molecule has 4 nitrogen and oxygen atoms in total. The molecule has 0 saturated carbocycles. The van der Waals surface area contributed by atoms with E-state index in [9.17, 15) is 5.11 Å². The van der Waals surface area contributed by atoms with Crippen molar-refractivity contribution < 1.29 is 15.4 Å². The molecule has 0 radical (unpaired) electrons. The van der Waals surface area contributed by atoms with Crippen LogP contribution in [0.4, 0.5) is 0 Å². The molecule has 12 heavy (non-hydrogen) atoms. The van der Waals surface area contributed by atoms with Gasteiger partial charge in [-0.3, -0.25) is 0 Å². The number of hydrogen-bond donors (Lipinski definition) is 2. The van der Waals surface area contributed by atoms with Crippen LogP contribution in [0.15, 0.2) is 24.4 Å². The molecule has 0 amide bonds. The largest absolute Gasteiger partial charge is 0.870 e. The van der Waals surface area contributed by atoms with Crippen LogP contribution in [0.5, 0.6) is 11.5 Å². The summed E-state index contributed by atoms with van der Waals surface area (Å²) in [5.41, 5.74) is 0.401. The van der Waals surface area contributed by atoms with Crippen molar-refractivity contribution in [2.45, 2.75) is 0 Å². The summed E-state index contributed by atoms with van der Waals surface area (Å²) in [6.07, 6.45) is 1.41. The fraction of sp³-hybridized carbons (Fsp3) is 0. The van der Waals surface area contributed by atoms with Crippen LogP contribution in [0.25, 0.3) is 10.9 Å². The smallest absolute Gasteiger partial charge is 0.108 e. The minimum atomic E-state index is -0.489. The van der Waals surface area contributed by atoms with Gasteiger partial charge in [-0.15, -0.1) is 0 Å². The molecule has 0 aliphatic rings. The molecule has 1 heterocycles. The van der Waals surface area contributed by atoms with E-state index in [0.29, 0.717) is 10.9 Å². The highest BCUT2D eigenvalue weighted by Gasteiger charge is 2.00. The van der Waals surface area contributed by atoms with E-state index in [2.05, 4.69) is 0 Å². The maximum Gasteiger partial charge on any atom is 0.108 e. The Morgan fingerprint density at radius 3 is 2.83 bits per heavy atom. The minimum Gasteiger partial charge on any atom is -0.870 e. The molecule has 62 valence electrons. The van der Waals surface area contributed by atoms with E-state index in [0.717, 1.165) is 4.73 Å². The SMILES string of the molecule is [O-]c1cc2c(ccn2O)cc1O. The van der Waals surface area contributed by atoms with Crippen molar-refractivity contribution in [2.75, 3.05) is 0 Å². The monoisotopic (exact) mass is 164 g/mol. The van der Waals surface area contributed by atoms with Crippen molar-refractivity contribution in [1.82, 2.24) is 4.73 Å². The second kappa shape index (κ2) is 2.07. The maximum atomic E-state index is 10.9. The van der Waals surface area contributed by atoms with Gasteiger partial charge in [-0.05, 0) is 18.2 Å². The van der Waals surface area contributed by atoms with E-state index in [4.69, 9.17) is 10.3 Å². The van der Waals surface area contributed by atoms with Gasteiger partial charge in [-0.25, -0.2) is 0 Å². The second-order valence-corrected chi connectivity index (χ2v) is 2.54. The number of aromatic nitrogens is 1. The van der Waals surface area contributed by atoms with E-state index in [1.54, 1.807) is 6.07 Å². The van der Waals surface area contributed by atoms with Crippen molar-refractivity contribution in [1.29, 1.82) is 0 Å². The first-order chi connectivity index (χ1) is 5.68. The molecule has 0 saturated heterocycles. The zero-order valence-corrected chi connectivity index (χ0v) is 6.06. The quantitative estimate of drug-likeness (QED) is 0.562. The number of phenols is 1. The number of fused-ring (bicyclic) bond motifs is 1. The third-order valence-electron chi connectivity index (χ3n) is 1.75. The fourth-order valence-corrected chi connectivity index (χ4v) is 1.14. The van der Waals surface area contributed by atoms with E-state index >= 15 is 0 Å². The molecule has 2 aromatic rings. The summed E-state index contributed by atoms with van der Waals surface area (Å²) in [5, 5.41) is 29.7. The lowest BCUT2D eigenvalue weighted by molar-refractivity contribution is -0.270. The molecule has 0 atom stereocenters. The topological polar surface area (TPSA) is 68.5 Å². The first-order valence-corrected chi connectivity index (χ1v) is 3.39. The van der Waals surface area contributed by atoms with E-state index in [1.165, 1.54) is 18.3 Å². The first-order valence-electron chi connectivity index (χ1n) is 3.39. The highest BCUT2D eigenvalue weighted by molar-refractivity contribution is 5.83. The van der Waals surface area contributed by atoms with Gasteiger partial charge in [0.15, 0.2) is 0 Å². The Morgan fingerprint density at radius 2 is 2.08 bits per heavy atom. The number of phenolic OH excluding ortho intramolecular Hbond substituents is 1. The minimum absolute atomic E-state index is 0.297. The van der Waals surface area contributed by atoms with Crippen LogP contribution in [-0.2, 0) is 0 Å². The Labute approximate surface area is 67.9 Å². The molecule has 0 aliphatic carbocycles. The van der Waals surface area contributed by atoms with Crippen LogP contribution in [0.2, 0.25) is 0 Å². The lowest BCUT2D eigenvalue weighted by Crippen LogP contribution is -1.92. The molecule has 1 aromatic carbocycles. The molecule has 0 fully saturated rings. The van der Waals surface area contributed by atoms with Gasteiger partial charge < -0.3 is 15.4 Å². The Bertz CT molecular complexity index is 433. The lowest BCUT2D eigenvalue weighted by Gasteiger charge is -2.07. The van der Waals surface area contributed by atoms with Gasteiger partial charge in [-0.2, -0.15) is 4.73 Å². The van der Waals surface area contributed by atoms with Gasteiger partial charge in [0.2, 0.25) is 0 Å². The zero-order chi connectivity index (χ0) is 8.72. The highest BCUT2D eigenvalue weighted by atomic mass is 16.5. The van der Waals surface area contributed by atoms with E-state index in [-0.39, 0.29) is 5.75 Å². The lowest BCUT2D eigenvalue weighted by atomic mass is 10.2. The summed E-state index contributed by atoms with van der Waals surface area (Å²) in [6.45, 7) is 0. The first kappa shape index (κ1) is 6.84. The van der Waals surface area contributed by atoms with Crippen LogP contribution in [-0.4, -0.2) is 15.0 Å². The van der Waals surface area contributed by atoms with Gasteiger partial charge in [0.25, 0.3) is 0 Å². The summed E-state index contributed by atoms with van der Waals surface area (Å²) >= 11 is 0. The molecule has 0 spiro atoms. The number of aromatic hydroxyl groups is 1. The van der Waals surface area contributed by atoms with Crippen LogP contribution >= 0.6 is 0 Å². The molecule has 0 bridgehead atoms. The summed E-state index contributed by atoms with van der Waals surface area (Å²) in [6, 6.07) is 4.11. The van der Waals surface area contributed by atoms with Crippen molar-refractivity contribution >= 4 is 10.9 Å². The Balaban J connectivity index is 2.87. The highest BCUT2D eigenvalue weighted by Crippen LogP contribution is 2.27. The summed E-state index contributed by atoms with van der Waals surface area (Å²) in [7, 11) is 0. The molecule has 2 N–H and O–H groups in total. The molecule has 0 unspecified atom stereocenters. The maximum absolute atomic E-state index is 10.9. The van der Waals surface area contributed by atoms with Gasteiger partial charge in [-0.1, -0.05) is 5.75 Å². The number of hydrogen-bond acceptors (Lipinski definition) is 3. The second-order valence-electron chi connectivity index (χ2n) is 2.54. The van der Waals surface area contributed by atoms with Crippen LogP contribution in [0.1, 0.15) is 0 Å². The number of benzene rings is 1. The van der Waals surface area contributed by atoms with Gasteiger partial charge >= 0.3 is 0 Å². The summed E-state index contributed by atoms with van der Waals surface area (Å²) < 4.78 is 0.843. The fourth-order valence-electron chi connectivity index (χ4n) is 1.14. The van der Waals surface area contributed by atoms with Crippen molar-refractivity contribution in [3.05, 3.63) is 24.4 Å². The van der Waals surface area contributed by atoms with Crippen LogP contribution in [0.3, 0.4) is 0 Å². The third-order valence-corrected chi connectivity index (χ3v) is 1.75. The molecule has 2 rings (SSSR count). The predicted octanol–water partition coefficient (Wildman–Crippen LogP) is 0.658. The van der Waals surface area contributed by atoms with Gasteiger partial charge in [0.1, 0.15) is 5.75 Å². The number of nitrogens with zero attached hydrogens (tertiary/aromatic N) is 1. The van der Waals surface area contributed by atoms with Crippen LogP contribution in [0, 0.1) is 0 Å². The number of rotatable bonds is 0. The van der Waals surface area contributed by atoms with Crippen LogP contribution < -0.4 is 5.11 Å². The molecular formula is C8H6NO3-. The standard InChI is InChI=1S/C8H7NO3/c10-7-3-5-1-2-9(12)6(5)4-8(7)11/h1-4,10-12H/p-1. The Hall–Kier alpha value is -1.84. The average molecular weight is 164 g/mol. The van der Waals surface area contributed by atoms with Gasteiger partial charge in [0, 0.05) is 11.6 Å². The summed E-state index contributed by atoms with van der Waals surface area (Å²) in [4.78, 5) is 0. The van der Waals surface area contributed by atoms with E-state index < -0.39 is 5.75 Å². The van der Waals surface area contributed by atoms with Gasteiger partial charge in [0.05, 0.1) is 5.52 Å². The van der Waals surface area contributed by atoms with Crippen molar-refractivity contribution in [2.24, 2.45) is 0 Å². The summed E-state index contributed by atoms with van der Waals surface area (Å²) in [5.74, 6) is -0.787. The van der Waals surface area contributed by atoms with Crippen molar-refractivity contribution in [3.63, 3.8) is 0 Å². The van der Waals surface area contributed by atoms with Crippen molar-refractivity contribution in [3.8, 4) is 11.5 Å². The Kier molecular flexibility index (Phi) is 1.18. The predicted molar refractivity (Wildman–Crippen MR) is 40.2 cm³/mol. The molecule has 1 aromatic heterocycles.